The molecule has 0 saturated carbocycles. The zero-order valence-electron chi connectivity index (χ0n) is 19.2. The Labute approximate surface area is 209 Å². The first-order valence-corrected chi connectivity index (χ1v) is 13.3. The van der Waals surface area contributed by atoms with Crippen molar-refractivity contribution < 1.29 is 22.4 Å². The van der Waals surface area contributed by atoms with Crippen molar-refractivity contribution in [1.82, 2.24) is 10.2 Å². The van der Waals surface area contributed by atoms with Gasteiger partial charge in [-0.05, 0) is 31.5 Å². The van der Waals surface area contributed by atoms with Crippen molar-refractivity contribution >= 4 is 50.7 Å². The predicted molar refractivity (Wildman–Crippen MR) is 133 cm³/mol. The molecule has 2 aromatic rings. The molecule has 34 heavy (non-hydrogen) atoms. The van der Waals surface area contributed by atoms with Gasteiger partial charge < -0.3 is 10.2 Å². The maximum Gasteiger partial charge on any atom is 0.244 e. The van der Waals surface area contributed by atoms with Gasteiger partial charge in [0.1, 0.15) is 18.4 Å². The highest BCUT2D eigenvalue weighted by Crippen LogP contribution is 2.33. The summed E-state index contributed by atoms with van der Waals surface area (Å²) in [5.74, 6) is -1.68. The van der Waals surface area contributed by atoms with Crippen LogP contribution in [0.25, 0.3) is 0 Å². The summed E-state index contributed by atoms with van der Waals surface area (Å²) in [7, 11) is -3.96. The monoisotopic (exact) mass is 531 g/mol. The van der Waals surface area contributed by atoms with E-state index in [1.165, 1.54) is 43.3 Å². The third-order valence-corrected chi connectivity index (χ3v) is 7.11. The summed E-state index contributed by atoms with van der Waals surface area (Å²) in [5.41, 5.74) is 0.215. The number of hydrogen-bond acceptors (Lipinski definition) is 4. The van der Waals surface area contributed by atoms with E-state index >= 15 is 0 Å². The lowest BCUT2D eigenvalue weighted by atomic mass is 10.1. The van der Waals surface area contributed by atoms with Gasteiger partial charge in [0, 0.05) is 18.7 Å². The summed E-state index contributed by atoms with van der Waals surface area (Å²) < 4.78 is 40.3. The van der Waals surface area contributed by atoms with Crippen LogP contribution in [0.15, 0.2) is 42.5 Å². The molecular weight excluding hydrogens is 504 g/mol. The van der Waals surface area contributed by atoms with Gasteiger partial charge in [0.2, 0.25) is 21.8 Å². The minimum atomic E-state index is -3.96. The van der Waals surface area contributed by atoms with Gasteiger partial charge in [-0.2, -0.15) is 0 Å². The average Bonchev–Trinajstić information content (AvgIpc) is 2.77. The van der Waals surface area contributed by atoms with Crippen LogP contribution in [0.3, 0.4) is 0 Å². The first-order chi connectivity index (χ1) is 16.0. The van der Waals surface area contributed by atoms with Gasteiger partial charge in [-0.25, -0.2) is 12.8 Å². The number of carbonyl (C=O) groups excluding carboxylic acids is 2. The fourth-order valence-electron chi connectivity index (χ4n) is 3.21. The number of amides is 2. The summed E-state index contributed by atoms with van der Waals surface area (Å²) >= 11 is 12.3. The minimum Gasteiger partial charge on any atom is -0.354 e. The Kier molecular flexibility index (Phi) is 10.1. The van der Waals surface area contributed by atoms with Crippen LogP contribution >= 0.6 is 23.2 Å². The van der Waals surface area contributed by atoms with Gasteiger partial charge in [0.25, 0.3) is 0 Å². The molecule has 0 bridgehead atoms. The molecule has 1 atom stereocenters. The molecule has 0 radical (unpaired) electrons. The second kappa shape index (κ2) is 12.4. The Morgan fingerprint density at radius 1 is 1.12 bits per heavy atom. The van der Waals surface area contributed by atoms with Crippen LogP contribution in [-0.4, -0.2) is 50.5 Å². The number of unbranched alkanes of at least 4 members (excludes halogenated alkanes) is 1. The minimum absolute atomic E-state index is 0.0240. The maximum absolute atomic E-state index is 14.4. The molecule has 2 aromatic carbocycles. The van der Waals surface area contributed by atoms with E-state index in [2.05, 4.69) is 5.32 Å². The van der Waals surface area contributed by atoms with Gasteiger partial charge in [-0.1, -0.05) is 60.8 Å². The van der Waals surface area contributed by atoms with Gasteiger partial charge in [0.05, 0.1) is 22.0 Å². The lowest BCUT2D eigenvalue weighted by molar-refractivity contribution is -0.139. The predicted octanol–water partition coefficient (Wildman–Crippen LogP) is 4.23. The van der Waals surface area contributed by atoms with Crippen molar-refractivity contribution in [2.75, 3.05) is 23.7 Å². The van der Waals surface area contributed by atoms with E-state index in [0.29, 0.717) is 6.54 Å². The Hall–Kier alpha value is -2.36. The summed E-state index contributed by atoms with van der Waals surface area (Å²) in [6.45, 7) is 3.03. The molecule has 0 spiro atoms. The molecule has 0 aromatic heterocycles. The van der Waals surface area contributed by atoms with E-state index in [1.807, 2.05) is 6.92 Å². The van der Waals surface area contributed by atoms with Crippen LogP contribution in [0, 0.1) is 5.82 Å². The largest absolute Gasteiger partial charge is 0.354 e. The van der Waals surface area contributed by atoms with Crippen molar-refractivity contribution in [3.05, 3.63) is 63.9 Å². The quantitative estimate of drug-likeness (QED) is 0.439. The second-order valence-corrected chi connectivity index (χ2v) is 10.5. The van der Waals surface area contributed by atoms with E-state index < -0.39 is 40.2 Å². The van der Waals surface area contributed by atoms with E-state index in [9.17, 15) is 22.4 Å². The van der Waals surface area contributed by atoms with E-state index in [4.69, 9.17) is 23.2 Å². The van der Waals surface area contributed by atoms with Crippen molar-refractivity contribution in [3.8, 4) is 0 Å². The third-order valence-electron chi connectivity index (χ3n) is 5.17. The molecule has 2 amide bonds. The Morgan fingerprint density at radius 3 is 2.41 bits per heavy atom. The van der Waals surface area contributed by atoms with Gasteiger partial charge in [0.15, 0.2) is 0 Å². The number of halogens is 3. The number of hydrogen-bond donors (Lipinski definition) is 1. The molecule has 0 heterocycles. The maximum atomic E-state index is 14.4. The zero-order valence-corrected chi connectivity index (χ0v) is 21.6. The summed E-state index contributed by atoms with van der Waals surface area (Å²) in [5, 5.41) is 2.84. The molecule has 186 valence electrons. The van der Waals surface area contributed by atoms with E-state index in [0.717, 1.165) is 28.3 Å². The molecule has 1 unspecified atom stereocenters. The standard InChI is InChI=1S/C23H28Cl2FN3O4S/c1-4-5-13-27-23(31)16(2)28(14-17-9-6-7-11-19(17)26)21(30)15-29(34(3,32)33)20-12-8-10-18(24)22(20)25/h6-12,16H,4-5,13-15H2,1-3H3,(H,27,31). The molecule has 7 nitrogen and oxygen atoms in total. The third kappa shape index (κ3) is 7.32. The number of rotatable bonds is 11. The molecule has 11 heteroatoms. The zero-order chi connectivity index (χ0) is 25.5. The van der Waals surface area contributed by atoms with Gasteiger partial charge in [-0.15, -0.1) is 0 Å². The number of sulfonamides is 1. The number of nitrogens with zero attached hydrogens (tertiary/aromatic N) is 2. The SMILES string of the molecule is CCCCNC(=O)C(C)N(Cc1ccccc1F)C(=O)CN(c1cccc(Cl)c1Cl)S(C)(=O)=O. The number of anilines is 1. The highest BCUT2D eigenvalue weighted by molar-refractivity contribution is 7.92. The van der Waals surface area contributed by atoms with Crippen LogP contribution in [0.1, 0.15) is 32.3 Å². The Morgan fingerprint density at radius 2 is 1.79 bits per heavy atom. The summed E-state index contributed by atoms with van der Waals surface area (Å²) in [6, 6.07) is 9.30. The number of benzene rings is 2. The van der Waals surface area contributed by atoms with Crippen LogP contribution in [0.5, 0.6) is 0 Å². The number of nitrogens with one attached hydrogen (secondary N) is 1. The van der Waals surface area contributed by atoms with Crippen molar-refractivity contribution in [3.63, 3.8) is 0 Å². The molecule has 0 fully saturated rings. The molecule has 0 saturated heterocycles. The second-order valence-electron chi connectivity index (χ2n) is 7.78. The fraction of sp³-hybridized carbons (Fsp3) is 0.391. The Bertz CT molecular complexity index is 1130. The van der Waals surface area contributed by atoms with Gasteiger partial charge in [-0.3, -0.25) is 13.9 Å². The first-order valence-electron chi connectivity index (χ1n) is 10.7. The molecule has 0 aliphatic carbocycles. The molecule has 1 N–H and O–H groups in total. The van der Waals surface area contributed by atoms with Crippen LogP contribution in [-0.2, 0) is 26.2 Å². The van der Waals surface area contributed by atoms with Crippen LogP contribution < -0.4 is 9.62 Å². The molecule has 0 aliphatic heterocycles. The normalized spacial score (nSPS) is 12.2. The lowest BCUT2D eigenvalue weighted by Crippen LogP contribution is -2.51. The molecular formula is C23H28Cl2FN3O4S. The van der Waals surface area contributed by atoms with Crippen molar-refractivity contribution in [2.45, 2.75) is 39.3 Å². The molecule has 0 aliphatic rings. The topological polar surface area (TPSA) is 86.8 Å². The average molecular weight is 532 g/mol. The smallest absolute Gasteiger partial charge is 0.244 e. The summed E-state index contributed by atoms with van der Waals surface area (Å²) in [4.78, 5) is 27.3. The van der Waals surface area contributed by atoms with E-state index in [1.54, 1.807) is 6.07 Å². The summed E-state index contributed by atoms with van der Waals surface area (Å²) in [6.07, 6.45) is 2.56. The number of carbonyl (C=O) groups is 2. The fourth-order valence-corrected chi connectivity index (χ4v) is 4.51. The van der Waals surface area contributed by atoms with Crippen molar-refractivity contribution in [2.24, 2.45) is 0 Å². The Balaban J connectivity index is 2.41. The highest BCUT2D eigenvalue weighted by atomic mass is 35.5. The molecule has 2 rings (SSSR count). The van der Waals surface area contributed by atoms with Gasteiger partial charge >= 0.3 is 0 Å². The first kappa shape index (κ1) is 27.9. The lowest BCUT2D eigenvalue weighted by Gasteiger charge is -2.31. The van der Waals surface area contributed by atoms with Crippen LogP contribution in [0.2, 0.25) is 10.0 Å². The van der Waals surface area contributed by atoms with Crippen LogP contribution in [0.4, 0.5) is 10.1 Å². The van der Waals surface area contributed by atoms with E-state index in [-0.39, 0.29) is 27.8 Å². The van der Waals surface area contributed by atoms with Crippen molar-refractivity contribution in [1.29, 1.82) is 0 Å². The highest BCUT2D eigenvalue weighted by Gasteiger charge is 2.31.